The van der Waals surface area contributed by atoms with Gasteiger partial charge in [-0.15, -0.1) is 0 Å². The number of aromatic amines is 1. The van der Waals surface area contributed by atoms with Crippen LogP contribution in [0.3, 0.4) is 0 Å². The van der Waals surface area contributed by atoms with Gasteiger partial charge in [-0.2, -0.15) is 5.10 Å². The zero-order valence-corrected chi connectivity index (χ0v) is 11.3. The van der Waals surface area contributed by atoms with Gasteiger partial charge in [0.2, 0.25) is 0 Å². The third kappa shape index (κ3) is 1.89. The average Bonchev–Trinajstić information content (AvgIpc) is 2.96. The molecule has 5 nitrogen and oxygen atoms in total. The zero-order chi connectivity index (χ0) is 13.5. The number of nitrogens with one attached hydrogen (secondary N) is 2. The SMILES string of the molecule is O=C(N[C@H]1CC2CCN1CC2)c1cccc2cn[nH]c12. The summed E-state index contributed by atoms with van der Waals surface area (Å²) < 4.78 is 0. The largest absolute Gasteiger partial charge is 0.336 e. The fourth-order valence-electron chi connectivity index (χ4n) is 3.50. The number of rotatable bonds is 2. The molecule has 1 amide bonds. The van der Waals surface area contributed by atoms with Gasteiger partial charge in [0.25, 0.3) is 5.91 Å². The Morgan fingerprint density at radius 2 is 2.20 bits per heavy atom. The maximum absolute atomic E-state index is 12.5. The number of carbonyl (C=O) groups is 1. The summed E-state index contributed by atoms with van der Waals surface area (Å²) in [5.74, 6) is 0.783. The minimum absolute atomic E-state index is 0.00241. The third-order valence-corrected chi connectivity index (χ3v) is 4.67. The molecular formula is C15H18N4O. The molecule has 0 radical (unpaired) electrons. The molecule has 1 aromatic carbocycles. The van der Waals surface area contributed by atoms with Crippen molar-refractivity contribution >= 4 is 16.8 Å². The van der Waals surface area contributed by atoms with Gasteiger partial charge in [0.05, 0.1) is 23.4 Å². The van der Waals surface area contributed by atoms with Gasteiger partial charge in [-0.25, -0.2) is 0 Å². The van der Waals surface area contributed by atoms with Gasteiger partial charge < -0.3 is 5.32 Å². The molecule has 104 valence electrons. The van der Waals surface area contributed by atoms with Crippen LogP contribution in [0.2, 0.25) is 0 Å². The monoisotopic (exact) mass is 270 g/mol. The van der Waals surface area contributed by atoms with Crippen LogP contribution in [0.15, 0.2) is 24.4 Å². The average molecular weight is 270 g/mol. The molecule has 3 fully saturated rings. The van der Waals surface area contributed by atoms with Crippen LogP contribution < -0.4 is 5.32 Å². The van der Waals surface area contributed by atoms with E-state index < -0.39 is 0 Å². The fourth-order valence-corrected chi connectivity index (χ4v) is 3.50. The van der Waals surface area contributed by atoms with Crippen LogP contribution in [-0.2, 0) is 0 Å². The molecule has 4 heterocycles. The number of benzene rings is 1. The first kappa shape index (κ1) is 11.9. The van der Waals surface area contributed by atoms with Crippen molar-refractivity contribution in [3.05, 3.63) is 30.0 Å². The Bertz CT molecular complexity index is 642. The van der Waals surface area contributed by atoms with Crippen LogP contribution in [0.25, 0.3) is 10.9 Å². The lowest BCUT2D eigenvalue weighted by molar-refractivity contribution is 0.0295. The Labute approximate surface area is 117 Å². The second kappa shape index (κ2) is 4.59. The van der Waals surface area contributed by atoms with Crippen LogP contribution in [0.5, 0.6) is 0 Å². The second-order valence-electron chi connectivity index (χ2n) is 5.84. The number of nitrogens with zero attached hydrogens (tertiary/aromatic N) is 2. The summed E-state index contributed by atoms with van der Waals surface area (Å²) in [5.41, 5.74) is 1.50. The Morgan fingerprint density at radius 1 is 1.35 bits per heavy atom. The van der Waals surface area contributed by atoms with Gasteiger partial charge in [0, 0.05) is 18.5 Å². The van der Waals surface area contributed by atoms with E-state index in [9.17, 15) is 4.79 Å². The van der Waals surface area contributed by atoms with E-state index in [1.807, 2.05) is 18.2 Å². The molecule has 3 aliphatic rings. The molecule has 1 aromatic heterocycles. The zero-order valence-electron chi connectivity index (χ0n) is 11.3. The molecular weight excluding hydrogens is 252 g/mol. The van der Waals surface area contributed by atoms with Crippen molar-refractivity contribution in [1.29, 1.82) is 0 Å². The second-order valence-corrected chi connectivity index (χ2v) is 5.84. The van der Waals surface area contributed by atoms with E-state index in [0.717, 1.165) is 36.3 Å². The number of hydrogen-bond acceptors (Lipinski definition) is 3. The topological polar surface area (TPSA) is 61.0 Å². The molecule has 2 bridgehead atoms. The van der Waals surface area contributed by atoms with Crippen LogP contribution in [0.1, 0.15) is 29.6 Å². The van der Waals surface area contributed by atoms with Crippen LogP contribution in [0.4, 0.5) is 0 Å². The molecule has 2 N–H and O–H groups in total. The van der Waals surface area contributed by atoms with Crippen molar-refractivity contribution < 1.29 is 4.79 Å². The smallest absolute Gasteiger partial charge is 0.254 e. The van der Waals surface area contributed by atoms with Gasteiger partial charge in [-0.05, 0) is 31.2 Å². The first-order valence-corrected chi connectivity index (χ1v) is 7.28. The number of carbonyl (C=O) groups excluding carboxylic acids is 1. The van der Waals surface area contributed by atoms with E-state index in [1.54, 1.807) is 6.20 Å². The first-order chi connectivity index (χ1) is 9.81. The predicted molar refractivity (Wildman–Crippen MR) is 76.3 cm³/mol. The van der Waals surface area contributed by atoms with Crippen molar-refractivity contribution in [2.24, 2.45) is 5.92 Å². The normalized spacial score (nSPS) is 28.7. The first-order valence-electron chi connectivity index (χ1n) is 7.28. The van der Waals surface area contributed by atoms with E-state index in [0.29, 0.717) is 5.56 Å². The van der Waals surface area contributed by atoms with Crippen molar-refractivity contribution in [2.75, 3.05) is 13.1 Å². The van der Waals surface area contributed by atoms with Gasteiger partial charge in [0.15, 0.2) is 0 Å². The van der Waals surface area contributed by atoms with Crippen LogP contribution in [-0.4, -0.2) is 40.3 Å². The number of H-pyrrole nitrogens is 1. The summed E-state index contributed by atoms with van der Waals surface area (Å²) in [6.07, 6.45) is 5.60. The Morgan fingerprint density at radius 3 is 2.95 bits per heavy atom. The van der Waals surface area contributed by atoms with E-state index >= 15 is 0 Å². The highest BCUT2D eigenvalue weighted by Gasteiger charge is 2.34. The maximum atomic E-state index is 12.5. The van der Waals surface area contributed by atoms with Gasteiger partial charge in [-0.3, -0.25) is 14.8 Å². The number of hydrogen-bond donors (Lipinski definition) is 2. The molecule has 5 rings (SSSR count). The quantitative estimate of drug-likeness (QED) is 0.873. The lowest BCUT2D eigenvalue weighted by Gasteiger charge is -2.45. The Kier molecular flexibility index (Phi) is 2.73. The Hall–Kier alpha value is -1.88. The summed E-state index contributed by atoms with van der Waals surface area (Å²) in [5, 5.41) is 11.1. The van der Waals surface area contributed by atoms with Crippen molar-refractivity contribution in [3.8, 4) is 0 Å². The number of aromatic nitrogens is 2. The molecule has 20 heavy (non-hydrogen) atoms. The van der Waals surface area contributed by atoms with Crippen LogP contribution >= 0.6 is 0 Å². The number of fused-ring (bicyclic) bond motifs is 4. The maximum Gasteiger partial charge on any atom is 0.254 e. The van der Waals surface area contributed by atoms with Gasteiger partial charge in [-0.1, -0.05) is 12.1 Å². The molecule has 3 aliphatic heterocycles. The molecule has 1 atom stereocenters. The number of amides is 1. The summed E-state index contributed by atoms with van der Waals surface area (Å²) >= 11 is 0. The molecule has 0 aliphatic carbocycles. The van der Waals surface area contributed by atoms with Gasteiger partial charge in [0.1, 0.15) is 0 Å². The third-order valence-electron chi connectivity index (χ3n) is 4.67. The van der Waals surface area contributed by atoms with E-state index in [2.05, 4.69) is 20.4 Å². The lowest BCUT2D eigenvalue weighted by Crippen LogP contribution is -2.56. The summed E-state index contributed by atoms with van der Waals surface area (Å²) in [7, 11) is 0. The molecule has 0 unspecified atom stereocenters. The van der Waals surface area contributed by atoms with Crippen molar-refractivity contribution in [1.82, 2.24) is 20.4 Å². The van der Waals surface area contributed by atoms with E-state index in [4.69, 9.17) is 0 Å². The van der Waals surface area contributed by atoms with Crippen LogP contribution in [0, 0.1) is 5.92 Å². The highest BCUT2D eigenvalue weighted by atomic mass is 16.1. The lowest BCUT2D eigenvalue weighted by atomic mass is 9.86. The fraction of sp³-hybridized carbons (Fsp3) is 0.467. The van der Waals surface area contributed by atoms with E-state index in [-0.39, 0.29) is 12.1 Å². The molecule has 2 aromatic rings. The highest BCUT2D eigenvalue weighted by Crippen LogP contribution is 2.30. The summed E-state index contributed by atoms with van der Waals surface area (Å²) in [6, 6.07) is 5.72. The number of piperidine rings is 3. The molecule has 0 spiro atoms. The summed E-state index contributed by atoms with van der Waals surface area (Å²) in [4.78, 5) is 14.9. The minimum Gasteiger partial charge on any atom is -0.336 e. The molecule has 0 saturated carbocycles. The van der Waals surface area contributed by atoms with Crippen molar-refractivity contribution in [3.63, 3.8) is 0 Å². The van der Waals surface area contributed by atoms with Crippen molar-refractivity contribution in [2.45, 2.75) is 25.4 Å². The predicted octanol–water partition coefficient (Wildman–Crippen LogP) is 1.73. The Balaban J connectivity index is 1.57. The minimum atomic E-state index is -0.00241. The van der Waals surface area contributed by atoms with E-state index in [1.165, 1.54) is 12.8 Å². The summed E-state index contributed by atoms with van der Waals surface area (Å²) in [6.45, 7) is 2.23. The van der Waals surface area contributed by atoms with Gasteiger partial charge >= 0.3 is 0 Å². The number of para-hydroxylation sites is 1. The molecule has 5 heteroatoms. The molecule has 3 saturated heterocycles. The standard InChI is InChI=1S/C15H18N4O/c20-15(12-3-1-2-11-9-16-18-14(11)12)17-13-8-10-4-6-19(13)7-5-10/h1-3,9-10,13H,4-8H2,(H,16,18)(H,17,20)/t13-/m1/s1. The highest BCUT2D eigenvalue weighted by molar-refractivity contribution is 6.05.